The van der Waals surface area contributed by atoms with E-state index in [-0.39, 0.29) is 0 Å². The van der Waals surface area contributed by atoms with Crippen LogP contribution in [0.5, 0.6) is 0 Å². The Hall–Kier alpha value is -1.14. The Morgan fingerprint density at radius 2 is 2.31 bits per heavy atom. The minimum Gasteiger partial charge on any atom is -0.377 e. The summed E-state index contributed by atoms with van der Waals surface area (Å²) in [6, 6.07) is 1.87. The lowest BCUT2D eigenvalue weighted by atomic mass is 10.4. The second-order valence-corrected chi connectivity index (χ2v) is 4.47. The molecule has 0 amide bonds. The topological polar surface area (TPSA) is 55.6 Å². The van der Waals surface area contributed by atoms with Crippen molar-refractivity contribution in [3.8, 4) is 0 Å². The van der Waals surface area contributed by atoms with Crippen LogP contribution in [0, 0.1) is 0 Å². The highest BCUT2D eigenvalue weighted by molar-refractivity contribution is 9.10. The standard InChI is InChI=1S/C9H9BrClN5/c1-16-7(5-14-15-16)4-12-8-2-6(10)3-13-9(8)11/h2-3,5,12H,4H2,1H3. The maximum absolute atomic E-state index is 5.94. The highest BCUT2D eigenvalue weighted by Gasteiger charge is 2.04. The monoisotopic (exact) mass is 301 g/mol. The molecule has 0 saturated heterocycles. The highest BCUT2D eigenvalue weighted by atomic mass is 79.9. The fraction of sp³-hybridized carbons (Fsp3) is 0.222. The Labute approximate surface area is 106 Å². The van der Waals surface area contributed by atoms with Crippen molar-refractivity contribution >= 4 is 33.2 Å². The average Bonchev–Trinajstić information content (AvgIpc) is 2.66. The first-order valence-electron chi connectivity index (χ1n) is 4.55. The van der Waals surface area contributed by atoms with Gasteiger partial charge in [-0.1, -0.05) is 16.8 Å². The summed E-state index contributed by atoms with van der Waals surface area (Å²) >= 11 is 9.28. The molecular formula is C9H9BrClN5. The number of rotatable bonds is 3. The van der Waals surface area contributed by atoms with Gasteiger partial charge in [-0.3, -0.25) is 4.68 Å². The fourth-order valence-electron chi connectivity index (χ4n) is 1.20. The van der Waals surface area contributed by atoms with Crippen LogP contribution < -0.4 is 5.32 Å². The number of aromatic nitrogens is 4. The first-order valence-corrected chi connectivity index (χ1v) is 5.72. The number of pyridine rings is 1. The van der Waals surface area contributed by atoms with Gasteiger partial charge in [-0.2, -0.15) is 0 Å². The summed E-state index contributed by atoms with van der Waals surface area (Å²) in [6.07, 6.45) is 3.35. The van der Waals surface area contributed by atoms with Crippen molar-refractivity contribution in [2.24, 2.45) is 7.05 Å². The Bertz CT molecular complexity index is 498. The molecule has 1 N–H and O–H groups in total. The Kier molecular flexibility index (Phi) is 3.40. The summed E-state index contributed by atoms with van der Waals surface area (Å²) in [7, 11) is 1.84. The first-order chi connectivity index (χ1) is 7.66. The molecule has 0 fully saturated rings. The van der Waals surface area contributed by atoms with E-state index in [0.29, 0.717) is 11.7 Å². The molecule has 0 spiro atoms. The zero-order valence-corrected chi connectivity index (χ0v) is 10.8. The second kappa shape index (κ2) is 4.80. The number of hydrogen-bond acceptors (Lipinski definition) is 4. The first kappa shape index (κ1) is 11.3. The maximum atomic E-state index is 5.94. The van der Waals surface area contributed by atoms with Gasteiger partial charge in [0.2, 0.25) is 0 Å². The molecule has 0 unspecified atom stereocenters. The van der Waals surface area contributed by atoms with Crippen molar-refractivity contribution in [2.75, 3.05) is 5.32 Å². The summed E-state index contributed by atoms with van der Waals surface area (Å²) in [4.78, 5) is 4.02. The normalized spacial score (nSPS) is 10.4. The highest BCUT2D eigenvalue weighted by Crippen LogP contribution is 2.23. The smallest absolute Gasteiger partial charge is 0.152 e. The van der Waals surface area contributed by atoms with E-state index in [1.165, 1.54) is 0 Å². The predicted molar refractivity (Wildman–Crippen MR) is 65.3 cm³/mol. The van der Waals surface area contributed by atoms with Gasteiger partial charge in [0, 0.05) is 17.7 Å². The molecule has 7 heteroatoms. The Morgan fingerprint density at radius 1 is 1.50 bits per heavy atom. The third kappa shape index (κ3) is 2.51. The molecule has 2 aromatic rings. The molecule has 0 aliphatic rings. The lowest BCUT2D eigenvalue weighted by Crippen LogP contribution is -2.06. The quantitative estimate of drug-likeness (QED) is 0.884. The van der Waals surface area contributed by atoms with Crippen LogP contribution in [0.2, 0.25) is 5.15 Å². The molecule has 0 bridgehead atoms. The van der Waals surface area contributed by atoms with Gasteiger partial charge in [0.25, 0.3) is 0 Å². The van der Waals surface area contributed by atoms with Gasteiger partial charge in [0.15, 0.2) is 5.15 Å². The molecule has 0 saturated carbocycles. The molecule has 0 aromatic carbocycles. The van der Waals surface area contributed by atoms with Crippen LogP contribution in [0.3, 0.4) is 0 Å². The van der Waals surface area contributed by atoms with E-state index in [4.69, 9.17) is 11.6 Å². The van der Waals surface area contributed by atoms with Gasteiger partial charge >= 0.3 is 0 Å². The van der Waals surface area contributed by atoms with Gasteiger partial charge in [0.1, 0.15) is 0 Å². The second-order valence-electron chi connectivity index (χ2n) is 3.19. The molecule has 2 heterocycles. The number of nitrogens with one attached hydrogen (secondary N) is 1. The molecule has 0 aliphatic heterocycles. The molecule has 0 radical (unpaired) electrons. The van der Waals surface area contributed by atoms with Gasteiger partial charge in [-0.25, -0.2) is 4.98 Å². The lowest BCUT2D eigenvalue weighted by Gasteiger charge is -2.07. The summed E-state index contributed by atoms with van der Waals surface area (Å²) in [5.41, 5.74) is 1.74. The van der Waals surface area contributed by atoms with E-state index in [1.807, 2.05) is 13.1 Å². The molecule has 0 aliphatic carbocycles. The molecule has 2 rings (SSSR count). The summed E-state index contributed by atoms with van der Waals surface area (Å²) in [5.74, 6) is 0. The van der Waals surface area contributed by atoms with E-state index < -0.39 is 0 Å². The SMILES string of the molecule is Cn1nncc1CNc1cc(Br)cnc1Cl. The van der Waals surface area contributed by atoms with E-state index in [2.05, 4.69) is 36.5 Å². The third-order valence-corrected chi connectivity index (χ3v) is 2.81. The van der Waals surface area contributed by atoms with Crippen LogP contribution in [-0.4, -0.2) is 20.0 Å². The van der Waals surface area contributed by atoms with Gasteiger partial charge in [0.05, 0.1) is 24.1 Å². The minimum atomic E-state index is 0.443. The number of anilines is 1. The van der Waals surface area contributed by atoms with Crippen LogP contribution in [0.15, 0.2) is 22.9 Å². The minimum absolute atomic E-state index is 0.443. The molecule has 84 valence electrons. The summed E-state index contributed by atoms with van der Waals surface area (Å²) in [5, 5.41) is 11.2. The molecule has 0 atom stereocenters. The van der Waals surface area contributed by atoms with Crippen LogP contribution in [0.4, 0.5) is 5.69 Å². The van der Waals surface area contributed by atoms with E-state index >= 15 is 0 Å². The van der Waals surface area contributed by atoms with Crippen LogP contribution in [0.25, 0.3) is 0 Å². The molecule has 16 heavy (non-hydrogen) atoms. The number of hydrogen-bond donors (Lipinski definition) is 1. The number of nitrogens with zero attached hydrogens (tertiary/aromatic N) is 4. The molecular weight excluding hydrogens is 293 g/mol. The zero-order chi connectivity index (χ0) is 11.5. The summed E-state index contributed by atoms with van der Waals surface area (Å²) < 4.78 is 2.58. The van der Waals surface area contributed by atoms with Crippen molar-refractivity contribution in [1.82, 2.24) is 20.0 Å². The van der Waals surface area contributed by atoms with Gasteiger partial charge in [-0.15, -0.1) is 5.10 Å². The zero-order valence-electron chi connectivity index (χ0n) is 8.48. The van der Waals surface area contributed by atoms with Crippen molar-refractivity contribution in [3.05, 3.63) is 33.8 Å². The van der Waals surface area contributed by atoms with Crippen molar-refractivity contribution in [2.45, 2.75) is 6.54 Å². The maximum Gasteiger partial charge on any atom is 0.152 e. The van der Waals surface area contributed by atoms with Crippen LogP contribution in [-0.2, 0) is 13.6 Å². The van der Waals surface area contributed by atoms with E-state index in [1.54, 1.807) is 17.1 Å². The molecule has 5 nitrogen and oxygen atoms in total. The van der Waals surface area contributed by atoms with Crippen LogP contribution >= 0.6 is 27.5 Å². The summed E-state index contributed by atoms with van der Waals surface area (Å²) in [6.45, 7) is 0.599. The predicted octanol–water partition coefficient (Wildman–Crippen LogP) is 2.24. The Morgan fingerprint density at radius 3 is 3.00 bits per heavy atom. The van der Waals surface area contributed by atoms with Crippen molar-refractivity contribution in [1.29, 1.82) is 0 Å². The fourth-order valence-corrected chi connectivity index (χ4v) is 1.70. The van der Waals surface area contributed by atoms with E-state index in [9.17, 15) is 0 Å². The largest absolute Gasteiger partial charge is 0.377 e. The van der Waals surface area contributed by atoms with E-state index in [0.717, 1.165) is 15.9 Å². The number of halogens is 2. The average molecular weight is 303 g/mol. The lowest BCUT2D eigenvalue weighted by molar-refractivity contribution is 0.683. The van der Waals surface area contributed by atoms with Crippen molar-refractivity contribution < 1.29 is 0 Å². The molecule has 2 aromatic heterocycles. The van der Waals surface area contributed by atoms with Crippen LogP contribution in [0.1, 0.15) is 5.69 Å². The van der Waals surface area contributed by atoms with Gasteiger partial charge < -0.3 is 5.32 Å². The van der Waals surface area contributed by atoms with Crippen molar-refractivity contribution in [3.63, 3.8) is 0 Å². The number of aryl methyl sites for hydroxylation is 1. The van der Waals surface area contributed by atoms with Gasteiger partial charge in [-0.05, 0) is 22.0 Å². The Balaban J connectivity index is 2.10. The third-order valence-electron chi connectivity index (χ3n) is 2.07.